The third kappa shape index (κ3) is 4.69. The van der Waals surface area contributed by atoms with Crippen molar-refractivity contribution in [1.82, 2.24) is 14.7 Å². The maximum absolute atomic E-state index is 12.9. The second-order valence-electron chi connectivity index (χ2n) is 8.34. The predicted molar refractivity (Wildman–Crippen MR) is 115 cm³/mol. The summed E-state index contributed by atoms with van der Waals surface area (Å²) in [5.74, 6) is 0.0916. The van der Waals surface area contributed by atoms with E-state index in [4.69, 9.17) is 4.74 Å². The minimum atomic E-state index is -0.260. The highest BCUT2D eigenvalue weighted by atomic mass is 16.5. The molecule has 0 saturated carbocycles. The molecule has 2 aliphatic heterocycles. The number of benzene rings is 2. The Morgan fingerprint density at radius 1 is 1.00 bits per heavy atom. The van der Waals surface area contributed by atoms with Gasteiger partial charge in [-0.05, 0) is 38.6 Å². The lowest BCUT2D eigenvalue weighted by Crippen LogP contribution is -2.40. The molecule has 0 radical (unpaired) electrons. The Labute approximate surface area is 173 Å². The van der Waals surface area contributed by atoms with E-state index >= 15 is 0 Å². The van der Waals surface area contributed by atoms with E-state index in [2.05, 4.69) is 40.1 Å². The summed E-state index contributed by atoms with van der Waals surface area (Å²) in [7, 11) is 4.07. The highest BCUT2D eigenvalue weighted by Gasteiger charge is 2.38. The monoisotopic (exact) mass is 393 g/mol. The predicted octanol–water partition coefficient (Wildman–Crippen LogP) is 3.38. The number of amides is 1. The van der Waals surface area contributed by atoms with Gasteiger partial charge in [-0.1, -0.05) is 48.5 Å². The Kier molecular flexibility index (Phi) is 6.28. The summed E-state index contributed by atoms with van der Waals surface area (Å²) < 4.78 is 6.55. The van der Waals surface area contributed by atoms with Gasteiger partial charge in [-0.25, -0.2) is 0 Å². The van der Waals surface area contributed by atoms with Crippen LogP contribution in [0.5, 0.6) is 0 Å². The quantitative estimate of drug-likeness (QED) is 0.723. The van der Waals surface area contributed by atoms with Gasteiger partial charge in [0.15, 0.2) is 6.23 Å². The van der Waals surface area contributed by atoms with E-state index in [1.807, 2.05) is 43.3 Å². The van der Waals surface area contributed by atoms with Crippen LogP contribution in [0.4, 0.5) is 0 Å². The Bertz CT molecular complexity index is 816. The topological polar surface area (TPSA) is 36.0 Å². The molecule has 2 aromatic rings. The van der Waals surface area contributed by atoms with Crippen molar-refractivity contribution in [3.8, 4) is 0 Å². The maximum Gasteiger partial charge on any atom is 0.256 e. The van der Waals surface area contributed by atoms with E-state index in [1.54, 1.807) is 0 Å². The molecule has 0 spiro atoms. The lowest BCUT2D eigenvalue weighted by molar-refractivity contribution is -0.100. The smallest absolute Gasteiger partial charge is 0.256 e. The number of carbonyl (C=O) groups is 1. The highest BCUT2D eigenvalue weighted by molar-refractivity contribution is 5.98. The first-order valence-corrected chi connectivity index (χ1v) is 10.6. The lowest BCUT2D eigenvalue weighted by Gasteiger charge is -2.35. The molecule has 0 aliphatic carbocycles. The molecule has 2 aromatic carbocycles. The Hall–Kier alpha value is -2.21. The van der Waals surface area contributed by atoms with Gasteiger partial charge in [0.2, 0.25) is 0 Å². The molecule has 29 heavy (non-hydrogen) atoms. The molecule has 1 saturated heterocycles. The second-order valence-corrected chi connectivity index (χ2v) is 8.34. The van der Waals surface area contributed by atoms with Gasteiger partial charge in [0.25, 0.3) is 5.91 Å². The van der Waals surface area contributed by atoms with Crippen LogP contribution in [0.2, 0.25) is 0 Å². The second kappa shape index (κ2) is 9.08. The summed E-state index contributed by atoms with van der Waals surface area (Å²) in [6, 6.07) is 18.5. The van der Waals surface area contributed by atoms with Crippen LogP contribution in [0.15, 0.2) is 54.6 Å². The molecular formula is C24H31N3O2. The number of nitrogens with zero attached hydrogens (tertiary/aromatic N) is 3. The molecule has 1 unspecified atom stereocenters. The first-order chi connectivity index (χ1) is 14.1. The molecule has 0 aromatic heterocycles. The highest BCUT2D eigenvalue weighted by Crippen LogP contribution is 2.36. The van der Waals surface area contributed by atoms with E-state index in [0.717, 1.165) is 50.1 Å². The van der Waals surface area contributed by atoms with E-state index in [1.165, 1.54) is 5.56 Å². The zero-order valence-corrected chi connectivity index (χ0v) is 17.5. The number of piperidine rings is 1. The molecule has 0 N–H and O–H groups in total. The fourth-order valence-electron chi connectivity index (χ4n) is 4.24. The van der Waals surface area contributed by atoms with Gasteiger partial charge in [-0.2, -0.15) is 0 Å². The third-order valence-electron chi connectivity index (χ3n) is 5.89. The van der Waals surface area contributed by atoms with Gasteiger partial charge in [0, 0.05) is 43.9 Å². The SMILES string of the molecule is CN(C)CCN1C(=O)c2ccccc2C1OC1CCN(Cc2ccccc2)CC1. The molecule has 2 heterocycles. The number of rotatable bonds is 7. The fourth-order valence-corrected chi connectivity index (χ4v) is 4.24. The Morgan fingerprint density at radius 3 is 2.41 bits per heavy atom. The summed E-state index contributed by atoms with van der Waals surface area (Å²) in [6.45, 7) is 4.56. The van der Waals surface area contributed by atoms with Gasteiger partial charge in [0.1, 0.15) is 0 Å². The molecule has 0 bridgehead atoms. The van der Waals surface area contributed by atoms with Crippen LogP contribution in [0.1, 0.15) is 40.6 Å². The van der Waals surface area contributed by atoms with Crippen molar-refractivity contribution in [2.45, 2.75) is 31.7 Å². The molecule has 154 valence electrons. The van der Waals surface area contributed by atoms with Crippen molar-refractivity contribution >= 4 is 5.91 Å². The average molecular weight is 394 g/mol. The number of hydrogen-bond acceptors (Lipinski definition) is 4. The molecule has 4 rings (SSSR count). The number of likely N-dealkylation sites (N-methyl/N-ethyl adjacent to an activating group) is 1. The normalized spacial score (nSPS) is 20.4. The Morgan fingerprint density at radius 2 is 1.69 bits per heavy atom. The minimum Gasteiger partial charge on any atom is -0.351 e. The van der Waals surface area contributed by atoms with Crippen LogP contribution in [0.3, 0.4) is 0 Å². The van der Waals surface area contributed by atoms with Crippen molar-refractivity contribution < 1.29 is 9.53 Å². The van der Waals surface area contributed by atoms with E-state index < -0.39 is 0 Å². The first-order valence-electron chi connectivity index (χ1n) is 10.6. The van der Waals surface area contributed by atoms with Gasteiger partial charge >= 0.3 is 0 Å². The van der Waals surface area contributed by atoms with E-state index in [0.29, 0.717) is 6.54 Å². The van der Waals surface area contributed by atoms with Crippen LogP contribution in [-0.4, -0.2) is 67.0 Å². The standard InChI is InChI=1S/C24H31N3O2/c1-25(2)16-17-27-23(28)21-10-6-7-11-22(21)24(27)29-20-12-14-26(15-13-20)18-19-8-4-3-5-9-19/h3-11,20,24H,12-18H2,1-2H3. The summed E-state index contributed by atoms with van der Waals surface area (Å²) in [5.41, 5.74) is 3.16. The number of likely N-dealkylation sites (tertiary alicyclic amines) is 1. The van der Waals surface area contributed by atoms with Crippen molar-refractivity contribution in [3.63, 3.8) is 0 Å². The molecular weight excluding hydrogens is 362 g/mol. The van der Waals surface area contributed by atoms with E-state index in [-0.39, 0.29) is 18.2 Å². The van der Waals surface area contributed by atoms with Crippen LogP contribution < -0.4 is 0 Å². The first kappa shape index (κ1) is 20.1. The van der Waals surface area contributed by atoms with Crippen LogP contribution in [-0.2, 0) is 11.3 Å². The van der Waals surface area contributed by atoms with Gasteiger partial charge in [0.05, 0.1) is 6.10 Å². The largest absolute Gasteiger partial charge is 0.351 e. The molecule has 1 fully saturated rings. The summed E-state index contributed by atoms with van der Waals surface area (Å²) in [6.07, 6.45) is 1.93. The van der Waals surface area contributed by atoms with Crippen molar-refractivity contribution in [2.75, 3.05) is 40.3 Å². The van der Waals surface area contributed by atoms with Crippen LogP contribution >= 0.6 is 0 Å². The van der Waals surface area contributed by atoms with Crippen LogP contribution in [0, 0.1) is 0 Å². The maximum atomic E-state index is 12.9. The number of ether oxygens (including phenoxy) is 1. The zero-order valence-electron chi connectivity index (χ0n) is 17.5. The molecule has 1 atom stereocenters. The minimum absolute atomic E-state index is 0.0916. The van der Waals surface area contributed by atoms with Crippen molar-refractivity contribution in [2.24, 2.45) is 0 Å². The van der Waals surface area contributed by atoms with E-state index in [9.17, 15) is 4.79 Å². The molecule has 5 heteroatoms. The van der Waals surface area contributed by atoms with Crippen molar-refractivity contribution in [1.29, 1.82) is 0 Å². The fraction of sp³-hybridized carbons (Fsp3) is 0.458. The number of carbonyl (C=O) groups excluding carboxylic acids is 1. The summed E-state index contributed by atoms with van der Waals surface area (Å²) >= 11 is 0. The Balaban J connectivity index is 1.39. The van der Waals surface area contributed by atoms with Gasteiger partial charge < -0.3 is 14.5 Å². The third-order valence-corrected chi connectivity index (χ3v) is 5.89. The summed E-state index contributed by atoms with van der Waals surface area (Å²) in [4.78, 5) is 19.4. The number of fused-ring (bicyclic) bond motifs is 1. The summed E-state index contributed by atoms with van der Waals surface area (Å²) in [5, 5.41) is 0. The average Bonchev–Trinajstić information content (AvgIpc) is 3.00. The number of hydrogen-bond donors (Lipinski definition) is 0. The van der Waals surface area contributed by atoms with Crippen LogP contribution in [0.25, 0.3) is 0 Å². The molecule has 5 nitrogen and oxygen atoms in total. The van der Waals surface area contributed by atoms with Crippen molar-refractivity contribution in [3.05, 3.63) is 71.3 Å². The lowest BCUT2D eigenvalue weighted by atomic mass is 10.1. The molecule has 2 aliphatic rings. The van der Waals surface area contributed by atoms with Gasteiger partial charge in [-0.15, -0.1) is 0 Å². The molecule has 1 amide bonds. The van der Waals surface area contributed by atoms with Gasteiger partial charge in [-0.3, -0.25) is 9.69 Å². The zero-order chi connectivity index (χ0) is 20.2.